The molecule has 7 nitrogen and oxygen atoms in total. The number of hydrogen-bond acceptors (Lipinski definition) is 5. The van der Waals surface area contributed by atoms with Crippen molar-refractivity contribution in [2.24, 2.45) is 5.92 Å². The molecule has 1 aliphatic rings. The third-order valence-electron chi connectivity index (χ3n) is 6.00. The van der Waals surface area contributed by atoms with Crippen LogP contribution < -0.4 is 4.74 Å². The van der Waals surface area contributed by atoms with E-state index in [0.29, 0.717) is 12.1 Å². The maximum Gasteiger partial charge on any atom is 0.259 e. The fourth-order valence-electron chi connectivity index (χ4n) is 3.87. The summed E-state index contributed by atoms with van der Waals surface area (Å²) in [6, 6.07) is 6.78. The van der Waals surface area contributed by atoms with Crippen LogP contribution in [0.25, 0.3) is 0 Å². The molecule has 0 radical (unpaired) electrons. The maximum atomic E-state index is 13.6. The molecule has 8 heteroatoms. The van der Waals surface area contributed by atoms with Gasteiger partial charge < -0.3 is 19.6 Å². The first-order valence-corrected chi connectivity index (χ1v) is 11.8. The van der Waals surface area contributed by atoms with Crippen molar-refractivity contribution in [3.63, 3.8) is 0 Å². The second-order valence-corrected chi connectivity index (χ2v) is 8.95. The van der Waals surface area contributed by atoms with Crippen molar-refractivity contribution in [2.75, 3.05) is 26.7 Å². The summed E-state index contributed by atoms with van der Waals surface area (Å²) in [6.45, 7) is 6.06. The average Bonchev–Trinajstić information content (AvgIpc) is 2.85. The van der Waals surface area contributed by atoms with Gasteiger partial charge in [-0.3, -0.25) is 9.59 Å². The summed E-state index contributed by atoms with van der Waals surface area (Å²) in [5.41, 5.74) is 1.12. The highest BCUT2D eigenvalue weighted by molar-refractivity contribution is 5.97. The number of ether oxygens (including phenoxy) is 1. The second kappa shape index (κ2) is 11.8. The quantitative estimate of drug-likeness (QED) is 0.640. The first-order chi connectivity index (χ1) is 16.7. The van der Waals surface area contributed by atoms with E-state index < -0.39 is 18.0 Å². The molecule has 0 aliphatic carbocycles. The standard InChI is InChI=1S/C27H32FN3O4/c1-5-6-7-9-20-12-23-25(29-14-20)35-24(18(2)15-31(27(23)34)19(3)17-32)16-30(4)26(33)21-10-8-11-22(28)13-21/h8,10-14,18-19,24,32H,5-6,15-17H2,1-4H3/t18-,19+,24-/m0/s1. The van der Waals surface area contributed by atoms with E-state index in [1.807, 2.05) is 13.8 Å². The van der Waals surface area contributed by atoms with Crippen LogP contribution in [0.5, 0.6) is 5.88 Å². The molecule has 2 aromatic rings. The summed E-state index contributed by atoms with van der Waals surface area (Å²) >= 11 is 0. The molecule has 0 bridgehead atoms. The van der Waals surface area contributed by atoms with Gasteiger partial charge in [-0.1, -0.05) is 31.8 Å². The van der Waals surface area contributed by atoms with Gasteiger partial charge in [0.2, 0.25) is 5.88 Å². The lowest BCUT2D eigenvalue weighted by atomic mass is 9.99. The Hall–Kier alpha value is -3.44. The average molecular weight is 482 g/mol. The highest BCUT2D eigenvalue weighted by Gasteiger charge is 2.34. The number of rotatable bonds is 6. The lowest BCUT2D eigenvalue weighted by Crippen LogP contribution is -2.50. The SMILES string of the molecule is CCCC#Cc1cnc2c(c1)C(=O)N([C@H](C)CO)C[C@H](C)[C@H](CN(C)C(=O)c1cccc(F)c1)O2. The molecular formula is C27H32FN3O4. The number of nitrogens with zero attached hydrogens (tertiary/aromatic N) is 3. The minimum absolute atomic E-state index is 0.161. The smallest absolute Gasteiger partial charge is 0.259 e. The summed E-state index contributed by atoms with van der Waals surface area (Å²) in [7, 11) is 1.63. The Morgan fingerprint density at radius 3 is 2.86 bits per heavy atom. The van der Waals surface area contributed by atoms with Gasteiger partial charge in [0.1, 0.15) is 17.5 Å². The van der Waals surface area contributed by atoms with Crippen LogP contribution in [-0.4, -0.2) is 70.6 Å². The number of pyridine rings is 1. The van der Waals surface area contributed by atoms with Gasteiger partial charge in [-0.15, -0.1) is 0 Å². The van der Waals surface area contributed by atoms with E-state index in [2.05, 4.69) is 16.8 Å². The molecule has 3 atom stereocenters. The number of carbonyl (C=O) groups is 2. The number of aliphatic hydroxyl groups is 1. The monoisotopic (exact) mass is 481 g/mol. The van der Waals surface area contributed by atoms with Gasteiger partial charge >= 0.3 is 0 Å². The van der Waals surface area contributed by atoms with Crippen LogP contribution >= 0.6 is 0 Å². The van der Waals surface area contributed by atoms with E-state index in [4.69, 9.17) is 4.74 Å². The zero-order valence-corrected chi connectivity index (χ0v) is 20.6. The summed E-state index contributed by atoms with van der Waals surface area (Å²) in [6.07, 6.45) is 2.73. The number of fused-ring (bicyclic) bond motifs is 1. The summed E-state index contributed by atoms with van der Waals surface area (Å²) in [5.74, 6) is 4.95. The van der Waals surface area contributed by atoms with E-state index >= 15 is 0 Å². The molecule has 2 heterocycles. The van der Waals surface area contributed by atoms with E-state index in [-0.39, 0.29) is 47.9 Å². The van der Waals surface area contributed by atoms with Crippen molar-refractivity contribution in [1.82, 2.24) is 14.8 Å². The van der Waals surface area contributed by atoms with E-state index in [1.165, 1.54) is 23.1 Å². The van der Waals surface area contributed by atoms with Gasteiger partial charge in [0.05, 0.1) is 19.2 Å². The fraction of sp³-hybridized carbons (Fsp3) is 0.444. The van der Waals surface area contributed by atoms with Gasteiger partial charge in [0, 0.05) is 43.3 Å². The molecule has 0 unspecified atom stereocenters. The van der Waals surface area contributed by atoms with Gasteiger partial charge in [-0.2, -0.15) is 0 Å². The van der Waals surface area contributed by atoms with Crippen LogP contribution in [0.15, 0.2) is 36.5 Å². The number of likely N-dealkylation sites (N-methyl/N-ethyl adjacent to an activating group) is 1. The predicted octanol–water partition coefficient (Wildman–Crippen LogP) is 3.36. The molecule has 0 fully saturated rings. The second-order valence-electron chi connectivity index (χ2n) is 8.95. The van der Waals surface area contributed by atoms with Crippen molar-refractivity contribution in [1.29, 1.82) is 0 Å². The Morgan fingerprint density at radius 2 is 2.17 bits per heavy atom. The van der Waals surface area contributed by atoms with E-state index in [1.54, 1.807) is 37.2 Å². The molecule has 2 amide bonds. The summed E-state index contributed by atoms with van der Waals surface area (Å²) in [4.78, 5) is 33.8. The highest BCUT2D eigenvalue weighted by atomic mass is 19.1. The number of aliphatic hydroxyl groups excluding tert-OH is 1. The van der Waals surface area contributed by atoms with Gasteiger partial charge in [-0.25, -0.2) is 9.37 Å². The lowest BCUT2D eigenvalue weighted by molar-refractivity contribution is 0.0313. The number of hydrogen-bond donors (Lipinski definition) is 1. The Kier molecular flexibility index (Phi) is 8.83. The first kappa shape index (κ1) is 26.2. The molecule has 1 N–H and O–H groups in total. The Balaban J connectivity index is 1.93. The van der Waals surface area contributed by atoms with Gasteiger partial charge in [0.25, 0.3) is 11.8 Å². The third kappa shape index (κ3) is 6.37. The summed E-state index contributed by atoms with van der Waals surface area (Å²) < 4.78 is 19.8. The van der Waals surface area contributed by atoms with E-state index in [9.17, 15) is 19.1 Å². The van der Waals surface area contributed by atoms with Crippen LogP contribution in [0.2, 0.25) is 0 Å². The number of benzene rings is 1. The first-order valence-electron chi connectivity index (χ1n) is 11.8. The number of aromatic nitrogens is 1. The van der Waals surface area contributed by atoms with Gasteiger partial charge in [-0.05, 0) is 37.6 Å². The maximum absolute atomic E-state index is 13.6. The van der Waals surface area contributed by atoms with Crippen molar-refractivity contribution in [3.05, 3.63) is 59.0 Å². The number of unbranched alkanes of at least 4 members (excludes halogenated alkanes) is 1. The fourth-order valence-corrected chi connectivity index (χ4v) is 3.87. The minimum Gasteiger partial charge on any atom is -0.472 e. The Labute approximate surface area is 205 Å². The number of carbonyl (C=O) groups excluding carboxylic acids is 2. The highest BCUT2D eigenvalue weighted by Crippen LogP contribution is 2.27. The molecule has 1 aromatic heterocycles. The largest absolute Gasteiger partial charge is 0.472 e. The molecule has 0 saturated heterocycles. The molecule has 3 rings (SSSR count). The van der Waals surface area contributed by atoms with E-state index in [0.717, 1.165) is 12.8 Å². The van der Waals surface area contributed by atoms with Crippen LogP contribution in [0.4, 0.5) is 4.39 Å². The van der Waals surface area contributed by atoms with Crippen molar-refractivity contribution >= 4 is 11.8 Å². The molecule has 1 aliphatic heterocycles. The van der Waals surface area contributed by atoms with Crippen LogP contribution in [-0.2, 0) is 0 Å². The van der Waals surface area contributed by atoms with Crippen molar-refractivity contribution < 1.29 is 23.8 Å². The topological polar surface area (TPSA) is 83.0 Å². The zero-order valence-electron chi connectivity index (χ0n) is 20.6. The molecular weight excluding hydrogens is 449 g/mol. The van der Waals surface area contributed by atoms with Crippen LogP contribution in [0.1, 0.15) is 59.9 Å². The van der Waals surface area contributed by atoms with Crippen molar-refractivity contribution in [2.45, 2.75) is 45.8 Å². The Bertz CT molecular complexity index is 1130. The lowest BCUT2D eigenvalue weighted by Gasteiger charge is -2.37. The molecule has 0 spiro atoms. The number of amides is 2. The third-order valence-corrected chi connectivity index (χ3v) is 6.00. The molecule has 186 valence electrons. The molecule has 35 heavy (non-hydrogen) atoms. The number of halogens is 1. The van der Waals surface area contributed by atoms with Crippen LogP contribution in [0, 0.1) is 23.6 Å². The molecule has 1 aromatic carbocycles. The minimum atomic E-state index is -0.498. The molecule has 0 saturated carbocycles. The normalized spacial score (nSPS) is 18.3. The van der Waals surface area contributed by atoms with Crippen molar-refractivity contribution in [3.8, 4) is 17.7 Å². The predicted molar refractivity (Wildman–Crippen MR) is 131 cm³/mol. The zero-order chi connectivity index (χ0) is 25.5. The summed E-state index contributed by atoms with van der Waals surface area (Å²) in [5, 5.41) is 9.79. The van der Waals surface area contributed by atoms with Gasteiger partial charge in [0.15, 0.2) is 0 Å². The van der Waals surface area contributed by atoms with Crippen LogP contribution in [0.3, 0.4) is 0 Å². The Morgan fingerprint density at radius 1 is 1.40 bits per heavy atom.